The van der Waals surface area contributed by atoms with E-state index in [1.54, 1.807) is 24.5 Å². The van der Waals surface area contributed by atoms with Gasteiger partial charge in [0.1, 0.15) is 0 Å². The van der Waals surface area contributed by atoms with Crippen molar-refractivity contribution >= 4 is 22.5 Å². The van der Waals surface area contributed by atoms with Crippen molar-refractivity contribution in [2.45, 2.75) is 0 Å². The van der Waals surface area contributed by atoms with Gasteiger partial charge in [0, 0.05) is 29.8 Å². The number of H-pyrrole nitrogens is 1. The number of fused-ring (bicyclic) bond motifs is 1. The molecule has 5 nitrogen and oxygen atoms in total. The fourth-order valence-corrected chi connectivity index (χ4v) is 1.63. The van der Waals surface area contributed by atoms with Gasteiger partial charge in [-0.25, -0.2) is 4.79 Å². The summed E-state index contributed by atoms with van der Waals surface area (Å²) in [6, 6.07) is 9.15. The highest BCUT2D eigenvalue weighted by Gasteiger charge is 2.02. The Hall–Kier alpha value is -2.56. The van der Waals surface area contributed by atoms with Crippen molar-refractivity contribution in [3.05, 3.63) is 53.3 Å². The van der Waals surface area contributed by atoms with E-state index in [2.05, 4.69) is 15.3 Å². The van der Waals surface area contributed by atoms with Crippen LogP contribution in [0.3, 0.4) is 0 Å². The normalized spacial score (nSPS) is 10.6. The second-order valence-corrected chi connectivity index (χ2v) is 3.59. The summed E-state index contributed by atoms with van der Waals surface area (Å²) in [7, 11) is 0. The maximum absolute atomic E-state index is 11.0. The van der Waals surface area contributed by atoms with Crippen molar-refractivity contribution in [3.63, 3.8) is 0 Å². The van der Waals surface area contributed by atoms with Crippen LogP contribution in [0.15, 0.2) is 51.9 Å². The standard InChI is InChI=1S/C12H9N3O2/c16-12-15-10-2-1-9(7-11(10)17-12)14-8-3-5-13-6-4-8/h1-7H,(H,13,14)(H,15,16). The van der Waals surface area contributed by atoms with Crippen molar-refractivity contribution in [3.8, 4) is 0 Å². The molecule has 17 heavy (non-hydrogen) atoms. The molecule has 0 bridgehead atoms. The first-order valence-corrected chi connectivity index (χ1v) is 5.11. The second-order valence-electron chi connectivity index (χ2n) is 3.59. The van der Waals surface area contributed by atoms with Crippen molar-refractivity contribution in [1.82, 2.24) is 9.97 Å². The number of pyridine rings is 1. The molecule has 0 radical (unpaired) electrons. The van der Waals surface area contributed by atoms with Crippen LogP contribution >= 0.6 is 0 Å². The third kappa shape index (κ3) is 1.90. The van der Waals surface area contributed by atoms with Gasteiger partial charge in [0.25, 0.3) is 0 Å². The summed E-state index contributed by atoms with van der Waals surface area (Å²) in [5, 5.41) is 3.19. The molecule has 3 aromatic rings. The molecule has 2 aromatic heterocycles. The van der Waals surface area contributed by atoms with Gasteiger partial charge in [0.15, 0.2) is 5.58 Å². The largest absolute Gasteiger partial charge is 0.417 e. The summed E-state index contributed by atoms with van der Waals surface area (Å²) in [5.74, 6) is -0.443. The predicted octanol–water partition coefficient (Wildman–Crippen LogP) is 2.26. The zero-order valence-corrected chi connectivity index (χ0v) is 8.81. The molecular weight excluding hydrogens is 218 g/mol. The summed E-state index contributed by atoms with van der Waals surface area (Å²) in [4.78, 5) is 17.5. The maximum atomic E-state index is 11.0. The number of rotatable bonds is 2. The molecule has 0 saturated carbocycles. The SMILES string of the molecule is O=c1[nH]c2ccc(Nc3ccncc3)cc2o1. The highest BCUT2D eigenvalue weighted by molar-refractivity contribution is 5.78. The van der Waals surface area contributed by atoms with Crippen LogP contribution in [0.5, 0.6) is 0 Å². The topological polar surface area (TPSA) is 70.9 Å². The number of oxazole rings is 1. The van der Waals surface area contributed by atoms with E-state index in [9.17, 15) is 4.79 Å². The van der Waals surface area contributed by atoms with Gasteiger partial charge in [-0.3, -0.25) is 9.97 Å². The van der Waals surface area contributed by atoms with Crippen LogP contribution in [-0.4, -0.2) is 9.97 Å². The van der Waals surface area contributed by atoms with Crippen LogP contribution in [0.2, 0.25) is 0 Å². The third-order valence-electron chi connectivity index (χ3n) is 2.39. The summed E-state index contributed by atoms with van der Waals surface area (Å²) in [6.45, 7) is 0. The Balaban J connectivity index is 1.98. The molecule has 2 N–H and O–H groups in total. The molecule has 0 atom stereocenters. The fraction of sp³-hybridized carbons (Fsp3) is 0. The Morgan fingerprint density at radius 3 is 2.76 bits per heavy atom. The molecule has 84 valence electrons. The molecule has 3 rings (SSSR count). The van der Waals surface area contributed by atoms with E-state index in [4.69, 9.17) is 4.42 Å². The lowest BCUT2D eigenvalue weighted by Crippen LogP contribution is -1.92. The van der Waals surface area contributed by atoms with Gasteiger partial charge < -0.3 is 9.73 Å². The van der Waals surface area contributed by atoms with Gasteiger partial charge in [-0.1, -0.05) is 0 Å². The zero-order valence-electron chi connectivity index (χ0n) is 8.81. The summed E-state index contributed by atoms with van der Waals surface area (Å²) < 4.78 is 4.98. The smallest absolute Gasteiger partial charge is 0.408 e. The molecular formula is C12H9N3O2. The number of hydrogen-bond acceptors (Lipinski definition) is 4. The lowest BCUT2D eigenvalue weighted by Gasteiger charge is -2.04. The summed E-state index contributed by atoms with van der Waals surface area (Å²) >= 11 is 0. The van der Waals surface area contributed by atoms with Gasteiger partial charge in [-0.2, -0.15) is 0 Å². The number of aromatic nitrogens is 2. The van der Waals surface area contributed by atoms with Crippen molar-refractivity contribution in [2.75, 3.05) is 5.32 Å². The molecule has 2 heterocycles. The van der Waals surface area contributed by atoms with Crippen molar-refractivity contribution < 1.29 is 4.42 Å². The minimum Gasteiger partial charge on any atom is -0.408 e. The lowest BCUT2D eigenvalue weighted by atomic mass is 10.2. The van der Waals surface area contributed by atoms with E-state index in [1.807, 2.05) is 18.2 Å². The Morgan fingerprint density at radius 1 is 1.12 bits per heavy atom. The minimum absolute atomic E-state index is 0.443. The molecule has 0 unspecified atom stereocenters. The van der Waals surface area contributed by atoms with E-state index in [1.165, 1.54) is 0 Å². The first kappa shape index (κ1) is 9.65. The number of aromatic amines is 1. The number of benzene rings is 1. The Morgan fingerprint density at radius 2 is 1.94 bits per heavy atom. The molecule has 0 aliphatic heterocycles. The van der Waals surface area contributed by atoms with Gasteiger partial charge in [0.2, 0.25) is 0 Å². The Bertz CT molecular complexity index is 700. The van der Waals surface area contributed by atoms with E-state index < -0.39 is 5.76 Å². The number of nitrogens with zero attached hydrogens (tertiary/aromatic N) is 1. The van der Waals surface area contributed by atoms with Crippen LogP contribution in [0, 0.1) is 0 Å². The molecule has 1 aromatic carbocycles. The summed E-state index contributed by atoms with van der Waals surface area (Å²) in [5.41, 5.74) is 3.01. The molecule has 0 spiro atoms. The minimum atomic E-state index is -0.443. The van der Waals surface area contributed by atoms with E-state index in [0.29, 0.717) is 11.1 Å². The van der Waals surface area contributed by atoms with Gasteiger partial charge >= 0.3 is 5.76 Å². The average molecular weight is 227 g/mol. The highest BCUT2D eigenvalue weighted by atomic mass is 16.4. The molecule has 5 heteroatoms. The van der Waals surface area contributed by atoms with E-state index >= 15 is 0 Å². The van der Waals surface area contributed by atoms with E-state index in [-0.39, 0.29) is 0 Å². The van der Waals surface area contributed by atoms with E-state index in [0.717, 1.165) is 11.4 Å². The van der Waals surface area contributed by atoms with Gasteiger partial charge in [-0.05, 0) is 24.3 Å². The van der Waals surface area contributed by atoms with Gasteiger partial charge in [0.05, 0.1) is 5.52 Å². The van der Waals surface area contributed by atoms with Crippen LogP contribution in [0.25, 0.3) is 11.1 Å². The van der Waals surface area contributed by atoms with Crippen LogP contribution in [0.4, 0.5) is 11.4 Å². The fourth-order valence-electron chi connectivity index (χ4n) is 1.63. The van der Waals surface area contributed by atoms with Crippen LogP contribution in [0.1, 0.15) is 0 Å². The predicted molar refractivity (Wildman–Crippen MR) is 64.4 cm³/mol. The first-order chi connectivity index (χ1) is 8.31. The quantitative estimate of drug-likeness (QED) is 0.704. The zero-order chi connectivity index (χ0) is 11.7. The second kappa shape index (κ2) is 3.79. The van der Waals surface area contributed by atoms with Gasteiger partial charge in [-0.15, -0.1) is 0 Å². The first-order valence-electron chi connectivity index (χ1n) is 5.11. The van der Waals surface area contributed by atoms with Crippen LogP contribution < -0.4 is 11.1 Å². The Kier molecular flexibility index (Phi) is 2.15. The molecule has 0 aliphatic carbocycles. The van der Waals surface area contributed by atoms with Crippen LogP contribution in [-0.2, 0) is 0 Å². The molecule has 0 fully saturated rings. The Labute approximate surface area is 96.1 Å². The number of nitrogens with one attached hydrogen (secondary N) is 2. The molecule has 0 amide bonds. The monoisotopic (exact) mass is 227 g/mol. The molecule has 0 saturated heterocycles. The third-order valence-corrected chi connectivity index (χ3v) is 2.39. The number of anilines is 2. The highest BCUT2D eigenvalue weighted by Crippen LogP contribution is 2.19. The summed E-state index contributed by atoms with van der Waals surface area (Å²) in [6.07, 6.45) is 3.41. The average Bonchev–Trinajstić information content (AvgIpc) is 2.70. The van der Waals surface area contributed by atoms with Crippen molar-refractivity contribution in [1.29, 1.82) is 0 Å². The van der Waals surface area contributed by atoms with Crippen molar-refractivity contribution in [2.24, 2.45) is 0 Å². The number of hydrogen-bond donors (Lipinski definition) is 2. The maximum Gasteiger partial charge on any atom is 0.417 e. The lowest BCUT2D eigenvalue weighted by molar-refractivity contribution is 0.555. The molecule has 0 aliphatic rings.